The van der Waals surface area contributed by atoms with Gasteiger partial charge in [-0.05, 0) is 25.2 Å². The Balaban J connectivity index is 1.31. The van der Waals surface area contributed by atoms with Crippen LogP contribution < -0.4 is 0 Å². The summed E-state index contributed by atoms with van der Waals surface area (Å²) in [6.45, 7) is -0.280. The number of nitrogens with zero attached hydrogens (tertiary/aromatic N) is 6. The van der Waals surface area contributed by atoms with Crippen LogP contribution in [-0.2, 0) is 21.2 Å². The summed E-state index contributed by atoms with van der Waals surface area (Å²) in [4.78, 5) is 11.2. The van der Waals surface area contributed by atoms with Gasteiger partial charge in [0.25, 0.3) is 0 Å². The van der Waals surface area contributed by atoms with Gasteiger partial charge in [0.15, 0.2) is 11.1 Å². The molecule has 1 atom stereocenters. The smallest absolute Gasteiger partial charge is 0.206 e. The predicted octanol–water partition coefficient (Wildman–Crippen LogP) is 2.10. The summed E-state index contributed by atoms with van der Waals surface area (Å²) >= 11 is 0. The normalized spacial score (nSPS) is 20.0. The fourth-order valence-electron chi connectivity index (χ4n) is 4.35. The average Bonchev–Trinajstić information content (AvgIpc) is 3.49. The molecule has 12 heteroatoms. The molecule has 1 saturated heterocycles. The summed E-state index contributed by atoms with van der Waals surface area (Å²) in [6.07, 6.45) is 4.87. The van der Waals surface area contributed by atoms with Crippen molar-refractivity contribution in [2.24, 2.45) is 5.16 Å². The van der Waals surface area contributed by atoms with Crippen LogP contribution in [0.3, 0.4) is 0 Å². The second-order valence-electron chi connectivity index (χ2n) is 8.67. The van der Waals surface area contributed by atoms with Crippen molar-refractivity contribution in [3.63, 3.8) is 0 Å². The van der Waals surface area contributed by atoms with E-state index in [1.54, 1.807) is 41.2 Å². The molecule has 0 aliphatic carbocycles. The Morgan fingerprint density at radius 2 is 2.00 bits per heavy atom. The first-order valence-electron chi connectivity index (χ1n) is 10.6. The van der Waals surface area contributed by atoms with Gasteiger partial charge in [0.05, 0.1) is 18.5 Å². The standard InChI is InChI=1S/C22H22F2N6O3S/c1-29-13-22(12-23,14-29)34(31,32)21-5-3-16(10-25-21)18-4-2-15(8-19(18)24)20-9-17(33-27-20)11-30-7-6-26-28-30/h2-8,10,17H,9,11-14H2,1H3/t17-/m1/s1. The van der Waals surface area contributed by atoms with Crippen LogP contribution in [0, 0.1) is 5.82 Å². The highest BCUT2D eigenvalue weighted by molar-refractivity contribution is 7.92. The number of hydrogen-bond acceptors (Lipinski definition) is 8. The van der Waals surface area contributed by atoms with Crippen LogP contribution >= 0.6 is 0 Å². The molecule has 178 valence electrons. The quantitative estimate of drug-likeness (QED) is 0.502. The van der Waals surface area contributed by atoms with Crippen LogP contribution in [0.25, 0.3) is 11.1 Å². The van der Waals surface area contributed by atoms with Crippen LogP contribution in [0.15, 0.2) is 59.1 Å². The van der Waals surface area contributed by atoms with Crippen molar-refractivity contribution in [2.45, 2.75) is 28.8 Å². The van der Waals surface area contributed by atoms with Gasteiger partial charge in [-0.2, -0.15) is 0 Å². The summed E-state index contributed by atoms with van der Waals surface area (Å²) in [6, 6.07) is 7.47. The van der Waals surface area contributed by atoms with Crippen molar-refractivity contribution in [3.8, 4) is 11.1 Å². The number of hydrogen-bond donors (Lipinski definition) is 0. The number of aromatic nitrogens is 4. The van der Waals surface area contributed by atoms with E-state index in [1.165, 1.54) is 24.4 Å². The zero-order chi connectivity index (χ0) is 23.9. The average molecular weight is 489 g/mol. The Hall–Kier alpha value is -3.25. The Kier molecular flexibility index (Phi) is 5.64. The van der Waals surface area contributed by atoms with Gasteiger partial charge in [-0.3, -0.25) is 0 Å². The third-order valence-electron chi connectivity index (χ3n) is 6.15. The highest BCUT2D eigenvalue weighted by Crippen LogP contribution is 2.34. The Labute approximate surface area is 195 Å². The maximum atomic E-state index is 15.0. The summed E-state index contributed by atoms with van der Waals surface area (Å²) in [5.74, 6) is -0.502. The Morgan fingerprint density at radius 3 is 2.62 bits per heavy atom. The third kappa shape index (κ3) is 3.86. The van der Waals surface area contributed by atoms with Crippen LogP contribution in [0.4, 0.5) is 8.78 Å². The lowest BCUT2D eigenvalue weighted by atomic mass is 10.0. The molecule has 4 heterocycles. The van der Waals surface area contributed by atoms with E-state index >= 15 is 0 Å². The van der Waals surface area contributed by atoms with E-state index in [4.69, 9.17) is 4.84 Å². The van der Waals surface area contributed by atoms with E-state index in [0.29, 0.717) is 29.8 Å². The van der Waals surface area contributed by atoms with Crippen LogP contribution in [-0.4, -0.2) is 76.7 Å². The fraction of sp³-hybridized carbons (Fsp3) is 0.364. The third-order valence-corrected chi connectivity index (χ3v) is 8.45. The van der Waals surface area contributed by atoms with Gasteiger partial charge in [-0.1, -0.05) is 22.5 Å². The predicted molar refractivity (Wildman–Crippen MR) is 119 cm³/mol. The number of pyridine rings is 1. The van der Waals surface area contributed by atoms with Gasteiger partial charge in [-0.15, -0.1) is 5.10 Å². The first kappa shape index (κ1) is 22.5. The van der Waals surface area contributed by atoms with Crippen LogP contribution in [0.1, 0.15) is 12.0 Å². The maximum Gasteiger partial charge on any atom is 0.206 e. The molecule has 0 amide bonds. The second-order valence-corrected chi connectivity index (χ2v) is 11.0. The number of rotatable bonds is 7. The topological polar surface area (TPSA) is 103 Å². The highest BCUT2D eigenvalue weighted by Gasteiger charge is 2.53. The first-order chi connectivity index (χ1) is 16.3. The number of sulfone groups is 1. The number of oxime groups is 1. The van der Waals surface area contributed by atoms with Gasteiger partial charge in [0, 0.05) is 48.6 Å². The van der Waals surface area contributed by atoms with Gasteiger partial charge in [0.2, 0.25) is 9.84 Å². The molecule has 0 radical (unpaired) electrons. The lowest BCUT2D eigenvalue weighted by molar-refractivity contribution is 0.0693. The monoisotopic (exact) mass is 488 g/mol. The number of benzene rings is 1. The van der Waals surface area contributed by atoms with Crippen molar-refractivity contribution < 1.29 is 22.0 Å². The minimum Gasteiger partial charge on any atom is -0.390 e. The molecule has 0 saturated carbocycles. The van der Waals surface area contributed by atoms with E-state index in [0.717, 1.165) is 0 Å². The van der Waals surface area contributed by atoms with E-state index in [1.807, 2.05) is 0 Å². The van der Waals surface area contributed by atoms with Gasteiger partial charge in [0.1, 0.15) is 17.2 Å². The lowest BCUT2D eigenvalue weighted by Gasteiger charge is -2.45. The van der Waals surface area contributed by atoms with E-state index in [9.17, 15) is 17.2 Å². The number of halogens is 2. The van der Waals surface area contributed by atoms with E-state index in [-0.39, 0.29) is 29.8 Å². The van der Waals surface area contributed by atoms with Gasteiger partial charge in [-0.25, -0.2) is 26.9 Å². The molecule has 0 unspecified atom stereocenters. The molecule has 0 spiro atoms. The minimum atomic E-state index is -3.96. The molecule has 2 aromatic heterocycles. The van der Waals surface area contributed by atoms with Gasteiger partial charge >= 0.3 is 0 Å². The Morgan fingerprint density at radius 1 is 1.21 bits per heavy atom. The molecular weight excluding hydrogens is 466 g/mol. The van der Waals surface area contributed by atoms with E-state index in [2.05, 4.69) is 20.5 Å². The van der Waals surface area contributed by atoms with Crippen LogP contribution in [0.2, 0.25) is 0 Å². The van der Waals surface area contributed by atoms with Gasteiger partial charge < -0.3 is 9.74 Å². The molecule has 3 aromatic rings. The van der Waals surface area contributed by atoms with Crippen molar-refractivity contribution >= 4 is 15.5 Å². The van der Waals surface area contributed by atoms with E-state index < -0.39 is 27.1 Å². The van der Waals surface area contributed by atoms with Crippen molar-refractivity contribution in [1.29, 1.82) is 0 Å². The molecule has 34 heavy (non-hydrogen) atoms. The molecule has 1 fully saturated rings. The van der Waals surface area contributed by atoms with Crippen molar-refractivity contribution in [2.75, 3.05) is 26.8 Å². The number of alkyl halides is 1. The molecule has 0 bridgehead atoms. The highest BCUT2D eigenvalue weighted by atomic mass is 32.2. The first-order valence-corrected chi connectivity index (χ1v) is 12.1. The maximum absolute atomic E-state index is 15.0. The zero-order valence-electron chi connectivity index (χ0n) is 18.3. The Bertz CT molecular complexity index is 1320. The zero-order valence-corrected chi connectivity index (χ0v) is 19.1. The lowest BCUT2D eigenvalue weighted by Crippen LogP contribution is -2.65. The molecule has 1 aromatic carbocycles. The SMILES string of the molecule is CN1CC(CF)(S(=O)(=O)c2ccc(-c3ccc(C4=NO[C@@H](Cn5ccnn5)C4)cc3F)cn2)C1. The summed E-state index contributed by atoms with van der Waals surface area (Å²) < 4.78 is 54.6. The molecule has 2 aliphatic heterocycles. The molecule has 2 aliphatic rings. The summed E-state index contributed by atoms with van der Waals surface area (Å²) in [7, 11) is -2.23. The largest absolute Gasteiger partial charge is 0.390 e. The van der Waals surface area contributed by atoms with Crippen LogP contribution in [0.5, 0.6) is 0 Å². The fourth-order valence-corrected chi connectivity index (χ4v) is 6.16. The van der Waals surface area contributed by atoms with Crippen molar-refractivity contribution in [1.82, 2.24) is 24.9 Å². The molecular formula is C22H22F2N6O3S. The molecule has 5 rings (SSSR count). The number of likely N-dealkylation sites (tertiary alicyclic amines) is 1. The minimum absolute atomic E-state index is 0.110. The second kappa shape index (κ2) is 8.51. The summed E-state index contributed by atoms with van der Waals surface area (Å²) in [5, 5.41) is 11.5. The molecule has 9 nitrogen and oxygen atoms in total. The molecule has 0 N–H and O–H groups in total. The summed E-state index contributed by atoms with van der Waals surface area (Å²) in [5.41, 5.74) is 1.89. The van der Waals surface area contributed by atoms with Crippen molar-refractivity contribution in [3.05, 3.63) is 60.3 Å².